The highest BCUT2D eigenvalue weighted by molar-refractivity contribution is 8.17. The van der Waals surface area contributed by atoms with E-state index in [2.05, 4.69) is 11.9 Å². The van der Waals surface area contributed by atoms with Crippen LogP contribution in [0.3, 0.4) is 0 Å². The number of imide groups is 1. The Morgan fingerprint density at radius 3 is 2.60 bits per heavy atom. The molecule has 0 aliphatic carbocycles. The van der Waals surface area contributed by atoms with Gasteiger partial charge in [-0.25, -0.2) is 0 Å². The number of nitrogens with one attached hydrogen (secondary N) is 1. The fourth-order valence-electron chi connectivity index (χ4n) is 1.71. The van der Waals surface area contributed by atoms with Gasteiger partial charge in [0.25, 0.3) is 5.24 Å². The fourth-order valence-corrected chi connectivity index (χ4v) is 2.43. The van der Waals surface area contributed by atoms with Crippen LogP contribution < -0.4 is 5.32 Å². The molecule has 0 radical (unpaired) electrons. The minimum Gasteiger partial charge on any atom is -0.325 e. The first-order chi connectivity index (χ1) is 9.45. The lowest BCUT2D eigenvalue weighted by Crippen LogP contribution is -2.42. The molecule has 104 valence electrons. The molecule has 3 amide bonds. The van der Waals surface area contributed by atoms with E-state index in [1.54, 1.807) is 12.1 Å². The summed E-state index contributed by atoms with van der Waals surface area (Å²) < 4.78 is 0. The molecule has 1 fully saturated rings. The van der Waals surface area contributed by atoms with Crippen molar-refractivity contribution in [1.82, 2.24) is 4.90 Å². The van der Waals surface area contributed by atoms with Crippen molar-refractivity contribution in [3.63, 3.8) is 0 Å². The van der Waals surface area contributed by atoms with Gasteiger partial charge in [-0.15, -0.1) is 0 Å². The normalized spacial score (nSPS) is 15.4. The van der Waals surface area contributed by atoms with Gasteiger partial charge in [0.05, 0.1) is 6.42 Å². The smallest absolute Gasteiger partial charge is 0.293 e. The number of thioether (sulfide) groups is 1. The molecule has 1 heterocycles. The highest BCUT2D eigenvalue weighted by Gasteiger charge is 2.30. The average molecular weight is 290 g/mol. The van der Waals surface area contributed by atoms with E-state index in [9.17, 15) is 14.4 Å². The lowest BCUT2D eigenvalue weighted by Gasteiger charge is -2.24. The number of benzene rings is 1. The Hall–Kier alpha value is -2.08. The molecule has 0 saturated carbocycles. The second-order valence-electron chi connectivity index (χ2n) is 4.48. The van der Waals surface area contributed by atoms with Gasteiger partial charge in [-0.2, -0.15) is 0 Å². The maximum absolute atomic E-state index is 11.8. The summed E-state index contributed by atoms with van der Waals surface area (Å²) in [6.07, 6.45) is 0.0915. The largest absolute Gasteiger partial charge is 0.325 e. The Morgan fingerprint density at radius 1 is 1.35 bits per heavy atom. The summed E-state index contributed by atoms with van der Waals surface area (Å²) in [6.45, 7) is 5.27. The van der Waals surface area contributed by atoms with E-state index in [0.717, 1.165) is 22.2 Å². The minimum absolute atomic E-state index is 0.0915. The maximum Gasteiger partial charge on any atom is 0.293 e. The average Bonchev–Trinajstić information content (AvgIpc) is 2.36. The van der Waals surface area contributed by atoms with Crippen molar-refractivity contribution in [2.75, 3.05) is 11.9 Å². The standard InChI is InChI=1S/C14H14N2O3S/c1-9-3-5-11(6-4-9)15-12(17)8-16-13(18)7-10(2)20-14(16)19/h3-6H,2,7-8H2,1H3,(H,15,17). The van der Waals surface area contributed by atoms with Gasteiger partial charge in [0.15, 0.2) is 0 Å². The maximum atomic E-state index is 11.8. The monoisotopic (exact) mass is 290 g/mol. The number of amides is 3. The summed E-state index contributed by atoms with van der Waals surface area (Å²) in [5.41, 5.74) is 1.72. The quantitative estimate of drug-likeness (QED) is 0.929. The van der Waals surface area contributed by atoms with Crippen molar-refractivity contribution < 1.29 is 14.4 Å². The molecule has 0 spiro atoms. The molecule has 6 heteroatoms. The van der Waals surface area contributed by atoms with E-state index in [0.29, 0.717) is 10.6 Å². The van der Waals surface area contributed by atoms with E-state index in [1.807, 2.05) is 19.1 Å². The molecular weight excluding hydrogens is 276 g/mol. The summed E-state index contributed by atoms with van der Waals surface area (Å²) >= 11 is 0.895. The minimum atomic E-state index is -0.453. The Balaban J connectivity index is 1.97. The van der Waals surface area contributed by atoms with Crippen LogP contribution in [0, 0.1) is 6.92 Å². The first-order valence-electron chi connectivity index (χ1n) is 6.02. The molecule has 5 nitrogen and oxygen atoms in total. The molecule has 1 aromatic rings. The van der Waals surface area contributed by atoms with Crippen LogP contribution >= 0.6 is 11.8 Å². The van der Waals surface area contributed by atoms with Crippen LogP contribution in [0.15, 0.2) is 35.7 Å². The van der Waals surface area contributed by atoms with Crippen LogP contribution in [-0.4, -0.2) is 28.5 Å². The van der Waals surface area contributed by atoms with Crippen LogP contribution in [0.4, 0.5) is 10.5 Å². The Labute approximate surface area is 121 Å². The third-order valence-corrected chi connectivity index (χ3v) is 3.57. The Kier molecular flexibility index (Phi) is 4.24. The van der Waals surface area contributed by atoms with E-state index in [1.165, 1.54) is 0 Å². The zero-order chi connectivity index (χ0) is 14.7. The predicted molar refractivity (Wildman–Crippen MR) is 78.3 cm³/mol. The summed E-state index contributed by atoms with van der Waals surface area (Å²) in [7, 11) is 0. The van der Waals surface area contributed by atoms with Crippen molar-refractivity contribution >= 4 is 34.5 Å². The van der Waals surface area contributed by atoms with E-state index in [-0.39, 0.29) is 13.0 Å². The van der Waals surface area contributed by atoms with Gasteiger partial charge in [-0.3, -0.25) is 19.3 Å². The molecule has 0 atom stereocenters. The lowest BCUT2D eigenvalue weighted by molar-refractivity contribution is -0.130. The van der Waals surface area contributed by atoms with Gasteiger partial charge in [-0.1, -0.05) is 24.3 Å². The SMILES string of the molecule is C=C1CC(=O)N(CC(=O)Nc2ccc(C)cc2)C(=O)S1. The van der Waals surface area contributed by atoms with Crippen LogP contribution in [0.1, 0.15) is 12.0 Å². The van der Waals surface area contributed by atoms with Crippen molar-refractivity contribution in [2.45, 2.75) is 13.3 Å². The number of hydrogen-bond acceptors (Lipinski definition) is 4. The molecule has 1 N–H and O–H groups in total. The fraction of sp³-hybridized carbons (Fsp3) is 0.214. The molecule has 0 aromatic heterocycles. The van der Waals surface area contributed by atoms with Crippen molar-refractivity contribution in [3.05, 3.63) is 41.3 Å². The Bertz CT molecular complexity index is 561. The highest BCUT2D eigenvalue weighted by atomic mass is 32.2. The van der Waals surface area contributed by atoms with Gasteiger partial charge < -0.3 is 5.32 Å². The zero-order valence-electron chi connectivity index (χ0n) is 11.0. The number of hydrogen-bond donors (Lipinski definition) is 1. The van der Waals surface area contributed by atoms with E-state index >= 15 is 0 Å². The van der Waals surface area contributed by atoms with Gasteiger partial charge in [-0.05, 0) is 35.7 Å². The second kappa shape index (κ2) is 5.92. The number of anilines is 1. The van der Waals surface area contributed by atoms with Gasteiger partial charge in [0, 0.05) is 5.69 Å². The first kappa shape index (κ1) is 14.3. The van der Waals surface area contributed by atoms with Crippen molar-refractivity contribution in [1.29, 1.82) is 0 Å². The molecular formula is C14H14N2O3S. The Morgan fingerprint density at radius 2 is 2.00 bits per heavy atom. The van der Waals surface area contributed by atoms with Gasteiger partial charge in [0.2, 0.25) is 11.8 Å². The van der Waals surface area contributed by atoms with Crippen LogP contribution in [0.5, 0.6) is 0 Å². The zero-order valence-corrected chi connectivity index (χ0v) is 11.8. The molecule has 20 heavy (non-hydrogen) atoms. The summed E-state index contributed by atoms with van der Waals surface area (Å²) in [4.78, 5) is 36.7. The lowest BCUT2D eigenvalue weighted by atomic mass is 10.2. The van der Waals surface area contributed by atoms with E-state index < -0.39 is 17.1 Å². The molecule has 0 unspecified atom stereocenters. The molecule has 2 rings (SSSR count). The van der Waals surface area contributed by atoms with E-state index in [4.69, 9.17) is 0 Å². The highest BCUT2D eigenvalue weighted by Crippen LogP contribution is 2.27. The van der Waals surface area contributed by atoms with Crippen LogP contribution in [0.25, 0.3) is 0 Å². The summed E-state index contributed by atoms with van der Waals surface area (Å²) in [6, 6.07) is 7.27. The van der Waals surface area contributed by atoms with Crippen molar-refractivity contribution in [3.8, 4) is 0 Å². The molecule has 1 aliphatic rings. The molecule has 1 saturated heterocycles. The topological polar surface area (TPSA) is 66.5 Å². The number of aryl methyl sites for hydroxylation is 1. The number of rotatable bonds is 3. The third-order valence-electron chi connectivity index (χ3n) is 2.74. The molecule has 1 aliphatic heterocycles. The van der Waals surface area contributed by atoms with Crippen LogP contribution in [0.2, 0.25) is 0 Å². The predicted octanol–water partition coefficient (Wildman–Crippen LogP) is 2.53. The molecule has 1 aromatic carbocycles. The van der Waals surface area contributed by atoms with Gasteiger partial charge in [0.1, 0.15) is 6.54 Å². The second-order valence-corrected chi connectivity index (χ2v) is 5.61. The van der Waals surface area contributed by atoms with Crippen molar-refractivity contribution in [2.24, 2.45) is 0 Å². The molecule has 0 bridgehead atoms. The third kappa shape index (κ3) is 3.48. The van der Waals surface area contributed by atoms with Gasteiger partial charge >= 0.3 is 0 Å². The number of carbonyl (C=O) groups is 3. The number of nitrogens with zero attached hydrogens (tertiary/aromatic N) is 1. The van der Waals surface area contributed by atoms with Crippen LogP contribution in [-0.2, 0) is 9.59 Å². The summed E-state index contributed by atoms with van der Waals surface area (Å²) in [5, 5.41) is 2.20. The summed E-state index contributed by atoms with van der Waals surface area (Å²) in [5.74, 6) is -0.790. The first-order valence-corrected chi connectivity index (χ1v) is 6.84. The number of carbonyl (C=O) groups excluding carboxylic acids is 3.